The van der Waals surface area contributed by atoms with E-state index in [1.165, 1.54) is 9.91 Å². The predicted molar refractivity (Wildman–Crippen MR) is 137 cm³/mol. The average molecular weight is 465 g/mol. The number of benzene rings is 3. The Morgan fingerprint density at radius 1 is 1.00 bits per heavy atom. The van der Waals surface area contributed by atoms with E-state index in [-0.39, 0.29) is 17.3 Å². The van der Waals surface area contributed by atoms with Gasteiger partial charge in [0.1, 0.15) is 5.60 Å². The second kappa shape index (κ2) is 9.65. The second-order valence-corrected chi connectivity index (χ2v) is 8.44. The molecule has 7 heteroatoms. The fraction of sp³-hybridized carbons (Fsp3) is 0.143. The molecule has 0 aliphatic carbocycles. The van der Waals surface area contributed by atoms with E-state index in [1.54, 1.807) is 61.7 Å². The maximum absolute atomic E-state index is 12.9. The highest BCUT2D eigenvalue weighted by atomic mass is 16.6. The van der Waals surface area contributed by atoms with Gasteiger partial charge in [-0.2, -0.15) is 0 Å². The van der Waals surface area contributed by atoms with E-state index in [9.17, 15) is 9.59 Å². The highest BCUT2D eigenvalue weighted by molar-refractivity contribution is 6.34. The zero-order valence-electron chi connectivity index (χ0n) is 19.7. The van der Waals surface area contributed by atoms with Crippen LogP contribution in [-0.2, 0) is 15.1 Å². The molecule has 1 heterocycles. The van der Waals surface area contributed by atoms with Gasteiger partial charge < -0.3 is 9.58 Å². The molecule has 35 heavy (non-hydrogen) atoms. The Labute approximate surface area is 204 Å². The standard InChI is InChI=1S/C28H24N4O3/c1-28(2,21-11-7-5-8-12-21)35-27(34)31(4)22-17-15-20(16-18-22)19-24-25(29-3)30-32(26(24)33)23-13-9-6-10-14-23/h5-19H,1-2,4H3. The first kappa shape index (κ1) is 23.5. The van der Waals surface area contributed by atoms with E-state index in [4.69, 9.17) is 11.3 Å². The third-order valence-corrected chi connectivity index (χ3v) is 5.64. The first-order valence-corrected chi connectivity index (χ1v) is 11.0. The van der Waals surface area contributed by atoms with Crippen LogP contribution in [0.15, 0.2) is 95.6 Å². The highest BCUT2D eigenvalue weighted by Gasteiger charge is 2.34. The minimum atomic E-state index is -0.792. The summed E-state index contributed by atoms with van der Waals surface area (Å²) in [5.74, 6) is -0.332. The fourth-order valence-corrected chi connectivity index (χ4v) is 3.61. The van der Waals surface area contributed by atoms with Crippen molar-refractivity contribution in [2.24, 2.45) is 5.10 Å². The van der Waals surface area contributed by atoms with E-state index in [0.29, 0.717) is 16.9 Å². The molecule has 0 spiro atoms. The van der Waals surface area contributed by atoms with Gasteiger partial charge in [0.15, 0.2) is 0 Å². The summed E-state index contributed by atoms with van der Waals surface area (Å²) in [5.41, 5.74) is 2.25. The van der Waals surface area contributed by atoms with Crippen LogP contribution < -0.4 is 9.91 Å². The lowest BCUT2D eigenvalue weighted by Gasteiger charge is -2.28. The lowest BCUT2D eigenvalue weighted by Crippen LogP contribution is -2.34. The van der Waals surface area contributed by atoms with Gasteiger partial charge in [-0.3, -0.25) is 9.69 Å². The summed E-state index contributed by atoms with van der Waals surface area (Å²) < 4.78 is 5.75. The molecule has 2 amide bonds. The summed E-state index contributed by atoms with van der Waals surface area (Å²) in [6.07, 6.45) is 1.14. The van der Waals surface area contributed by atoms with Crippen LogP contribution in [0.2, 0.25) is 0 Å². The van der Waals surface area contributed by atoms with Gasteiger partial charge in [0.05, 0.1) is 11.3 Å². The molecule has 1 aliphatic heterocycles. The minimum Gasteiger partial charge on any atom is -0.438 e. The molecule has 0 N–H and O–H groups in total. The first-order valence-electron chi connectivity index (χ1n) is 11.0. The Kier molecular flexibility index (Phi) is 6.47. The number of carbonyl (C=O) groups excluding carboxylic acids is 2. The summed E-state index contributed by atoms with van der Waals surface area (Å²) in [7, 11) is 1.64. The molecule has 0 bridgehead atoms. The lowest BCUT2D eigenvalue weighted by atomic mass is 9.98. The van der Waals surface area contributed by atoms with Crippen molar-refractivity contribution in [3.63, 3.8) is 0 Å². The van der Waals surface area contributed by atoms with Crippen LogP contribution in [0.5, 0.6) is 0 Å². The number of amidine groups is 1. The number of rotatable bonds is 5. The molecule has 1 aliphatic rings. The summed E-state index contributed by atoms with van der Waals surface area (Å²) in [4.78, 5) is 30.5. The van der Waals surface area contributed by atoms with Gasteiger partial charge in [-0.1, -0.05) is 73.3 Å². The van der Waals surface area contributed by atoms with Gasteiger partial charge in [-0.05, 0) is 54.3 Å². The van der Waals surface area contributed by atoms with Gasteiger partial charge in [0, 0.05) is 12.7 Å². The first-order chi connectivity index (χ1) is 16.8. The van der Waals surface area contributed by atoms with E-state index < -0.39 is 11.7 Å². The largest absolute Gasteiger partial charge is 0.438 e. The number of hydrogen-bond acceptors (Lipinski definition) is 4. The summed E-state index contributed by atoms with van der Waals surface area (Å²) >= 11 is 0. The predicted octanol–water partition coefficient (Wildman–Crippen LogP) is 5.86. The lowest BCUT2D eigenvalue weighted by molar-refractivity contribution is -0.114. The number of nitrogens with zero attached hydrogens (tertiary/aromatic N) is 4. The molecule has 7 nitrogen and oxygen atoms in total. The Balaban J connectivity index is 1.50. The minimum absolute atomic E-state index is 0.0340. The van der Waals surface area contributed by atoms with E-state index in [2.05, 4.69) is 9.95 Å². The number of hydrazone groups is 1. The van der Waals surface area contributed by atoms with Crippen molar-refractivity contribution >= 4 is 35.3 Å². The van der Waals surface area contributed by atoms with Gasteiger partial charge >= 0.3 is 11.9 Å². The number of carbonyl (C=O) groups is 2. The average Bonchev–Trinajstić information content (AvgIpc) is 3.20. The Bertz CT molecular complexity index is 1340. The molecular weight excluding hydrogens is 440 g/mol. The number of para-hydroxylation sites is 1. The van der Waals surface area contributed by atoms with Crippen LogP contribution in [0.3, 0.4) is 0 Å². The molecule has 174 valence electrons. The van der Waals surface area contributed by atoms with Gasteiger partial charge in [0.25, 0.3) is 5.91 Å². The monoisotopic (exact) mass is 464 g/mol. The van der Waals surface area contributed by atoms with Crippen molar-refractivity contribution in [3.8, 4) is 0 Å². The van der Waals surface area contributed by atoms with E-state index in [0.717, 1.165) is 5.56 Å². The summed E-state index contributed by atoms with van der Waals surface area (Å²) in [6, 6.07) is 25.6. The van der Waals surface area contributed by atoms with Crippen molar-refractivity contribution in [3.05, 3.63) is 113 Å². The molecule has 0 atom stereocenters. The van der Waals surface area contributed by atoms with Crippen molar-refractivity contribution in [2.75, 3.05) is 17.0 Å². The highest BCUT2D eigenvalue weighted by Crippen LogP contribution is 2.28. The Morgan fingerprint density at radius 2 is 1.60 bits per heavy atom. The molecule has 3 aromatic rings. The van der Waals surface area contributed by atoms with Crippen LogP contribution in [0.25, 0.3) is 10.9 Å². The molecule has 0 aromatic heterocycles. The number of amides is 2. The van der Waals surface area contributed by atoms with Crippen molar-refractivity contribution in [2.45, 2.75) is 19.4 Å². The smallest absolute Gasteiger partial charge is 0.414 e. The molecule has 0 saturated heterocycles. The molecule has 0 saturated carbocycles. The van der Waals surface area contributed by atoms with Crippen molar-refractivity contribution in [1.82, 2.24) is 0 Å². The third kappa shape index (κ3) is 4.97. The van der Waals surface area contributed by atoms with Crippen LogP contribution in [0.1, 0.15) is 25.0 Å². The van der Waals surface area contributed by atoms with Gasteiger partial charge in [0.2, 0.25) is 0 Å². The van der Waals surface area contributed by atoms with E-state index >= 15 is 0 Å². The third-order valence-electron chi connectivity index (χ3n) is 5.64. The van der Waals surface area contributed by atoms with Crippen LogP contribution >= 0.6 is 0 Å². The molecule has 3 aromatic carbocycles. The number of anilines is 2. The Hall–Kier alpha value is -4.70. The Morgan fingerprint density at radius 3 is 2.20 bits per heavy atom. The zero-order chi connectivity index (χ0) is 25.0. The number of hydrogen-bond donors (Lipinski definition) is 0. The fourth-order valence-electron chi connectivity index (χ4n) is 3.61. The maximum Gasteiger partial charge on any atom is 0.414 e. The van der Waals surface area contributed by atoms with Gasteiger partial charge in [-0.15, -0.1) is 5.01 Å². The van der Waals surface area contributed by atoms with Crippen LogP contribution in [0.4, 0.5) is 16.2 Å². The van der Waals surface area contributed by atoms with Crippen molar-refractivity contribution < 1.29 is 14.3 Å². The zero-order valence-corrected chi connectivity index (χ0v) is 19.7. The van der Waals surface area contributed by atoms with Crippen LogP contribution in [-0.4, -0.2) is 24.9 Å². The SMILES string of the molecule is [C-]#[N+]C1=NN(c2ccccc2)C(=O)C1=Cc1ccc(N(C)C(=O)OC(C)(C)c2ccccc2)cc1. The molecule has 0 radical (unpaired) electrons. The summed E-state index contributed by atoms with van der Waals surface area (Å²) in [5, 5.41) is 5.40. The second-order valence-electron chi connectivity index (χ2n) is 8.44. The van der Waals surface area contributed by atoms with Crippen LogP contribution in [0, 0.1) is 6.57 Å². The summed E-state index contributed by atoms with van der Waals surface area (Å²) in [6.45, 7) is 11.1. The van der Waals surface area contributed by atoms with E-state index in [1.807, 2.05) is 50.2 Å². The molecule has 4 rings (SSSR count). The normalized spacial score (nSPS) is 14.5. The van der Waals surface area contributed by atoms with Gasteiger partial charge in [-0.25, -0.2) is 4.79 Å². The maximum atomic E-state index is 12.9. The molecular formula is C28H24N4O3. The molecule has 0 unspecified atom stereocenters. The quantitative estimate of drug-likeness (QED) is 0.351. The molecule has 0 fully saturated rings. The topological polar surface area (TPSA) is 66.6 Å². The van der Waals surface area contributed by atoms with Crippen molar-refractivity contribution in [1.29, 1.82) is 0 Å². The number of ether oxygens (including phenoxy) is 1.